The molecule has 0 bridgehead atoms. The molecule has 2 fully saturated rings. The Labute approximate surface area is 186 Å². The quantitative estimate of drug-likeness (QED) is 0.280. The number of piperazine rings is 1. The summed E-state index contributed by atoms with van der Waals surface area (Å²) in [6.45, 7) is 2.89. The Kier molecular flexibility index (Phi) is 6.12. The van der Waals surface area contributed by atoms with Gasteiger partial charge in [-0.3, -0.25) is 15.0 Å². The van der Waals surface area contributed by atoms with Crippen LogP contribution in [0.15, 0.2) is 35.3 Å². The van der Waals surface area contributed by atoms with E-state index in [2.05, 4.69) is 27.3 Å². The fourth-order valence-electron chi connectivity index (χ4n) is 3.64. The fourth-order valence-corrected chi connectivity index (χ4v) is 4.59. The highest BCUT2D eigenvalue weighted by Crippen LogP contribution is 2.33. The van der Waals surface area contributed by atoms with Crippen molar-refractivity contribution in [3.8, 4) is 0 Å². The van der Waals surface area contributed by atoms with Gasteiger partial charge in [0.25, 0.3) is 0 Å². The minimum absolute atomic E-state index is 0.107. The molecule has 2 aromatic rings. The Bertz CT molecular complexity index is 1050. The summed E-state index contributed by atoms with van der Waals surface area (Å²) in [6.07, 6.45) is -0.984. The van der Waals surface area contributed by atoms with Gasteiger partial charge >= 0.3 is 11.1 Å². The molecule has 162 valence electrons. The van der Waals surface area contributed by atoms with Crippen molar-refractivity contribution in [1.29, 1.82) is 0 Å². The van der Waals surface area contributed by atoms with Gasteiger partial charge in [0.2, 0.25) is 0 Å². The molecule has 2 saturated heterocycles. The lowest BCUT2D eigenvalue weighted by molar-refractivity contribution is -0.380. The first kappa shape index (κ1) is 21.2. The number of aliphatic imine (C=N–C) groups is 1. The lowest BCUT2D eigenvalue weighted by atomic mass is 10.2. The smallest absolute Gasteiger partial charge is 0.414 e. The van der Waals surface area contributed by atoms with E-state index < -0.39 is 22.9 Å². The van der Waals surface area contributed by atoms with Gasteiger partial charge in [0.1, 0.15) is 11.9 Å². The molecule has 2 aliphatic heterocycles. The molecule has 0 spiro atoms. The van der Waals surface area contributed by atoms with Gasteiger partial charge in [0.15, 0.2) is 0 Å². The van der Waals surface area contributed by atoms with E-state index in [-0.39, 0.29) is 18.1 Å². The van der Waals surface area contributed by atoms with Crippen LogP contribution >= 0.6 is 23.6 Å². The largest absolute Gasteiger partial charge is 0.442 e. The van der Waals surface area contributed by atoms with E-state index in [9.17, 15) is 19.3 Å². The summed E-state index contributed by atoms with van der Waals surface area (Å²) in [5.74, 6) is -0.425. The SMILES string of the molecule is O=C1O[C@@H](CN=C=S)CN1c1ccc(N2CCN(c3ccc([N+](=O)[O-])s3)CC2)c(F)c1. The van der Waals surface area contributed by atoms with Gasteiger partial charge < -0.3 is 14.5 Å². The number of thiophene rings is 1. The Hall–Kier alpha value is -3.08. The topological polar surface area (TPSA) is 91.5 Å². The molecule has 9 nitrogen and oxygen atoms in total. The number of anilines is 3. The van der Waals surface area contributed by atoms with Crippen LogP contribution in [0.2, 0.25) is 0 Å². The summed E-state index contributed by atoms with van der Waals surface area (Å²) in [7, 11) is 0. The summed E-state index contributed by atoms with van der Waals surface area (Å²) in [4.78, 5) is 31.7. The normalized spacial score (nSPS) is 18.7. The molecule has 3 heterocycles. The molecule has 1 atom stereocenters. The van der Waals surface area contributed by atoms with Crippen molar-refractivity contribution in [2.45, 2.75) is 6.10 Å². The third-order valence-electron chi connectivity index (χ3n) is 5.17. The highest BCUT2D eigenvalue weighted by molar-refractivity contribution is 7.78. The van der Waals surface area contributed by atoms with E-state index in [0.717, 1.165) is 16.3 Å². The maximum atomic E-state index is 14.9. The number of carbonyl (C=O) groups excluding carboxylic acids is 1. The van der Waals surface area contributed by atoms with Crippen LogP contribution in [0.1, 0.15) is 0 Å². The molecule has 12 heteroatoms. The molecule has 0 aliphatic carbocycles. The molecule has 1 aromatic heterocycles. The third-order valence-corrected chi connectivity index (χ3v) is 6.39. The van der Waals surface area contributed by atoms with Crippen molar-refractivity contribution >= 4 is 56.2 Å². The van der Waals surface area contributed by atoms with Crippen LogP contribution in [0.5, 0.6) is 0 Å². The van der Waals surface area contributed by atoms with Crippen LogP contribution in [-0.4, -0.2) is 61.6 Å². The predicted octanol–water partition coefficient (Wildman–Crippen LogP) is 3.55. The zero-order chi connectivity index (χ0) is 22.0. The molecule has 4 rings (SSSR count). The Balaban J connectivity index is 1.40. The van der Waals surface area contributed by atoms with Gasteiger partial charge in [-0.25, -0.2) is 14.2 Å². The molecule has 0 N–H and O–H groups in total. The number of hydrogen-bond donors (Lipinski definition) is 0. The number of ether oxygens (including phenoxy) is 1. The van der Waals surface area contributed by atoms with Crippen molar-refractivity contribution in [2.75, 3.05) is 54.0 Å². The number of isothiocyanates is 1. The van der Waals surface area contributed by atoms with E-state index >= 15 is 0 Å². The molecule has 1 aromatic carbocycles. The summed E-state index contributed by atoms with van der Waals surface area (Å²) >= 11 is 5.66. The van der Waals surface area contributed by atoms with E-state index in [4.69, 9.17) is 4.74 Å². The third kappa shape index (κ3) is 4.50. The average Bonchev–Trinajstić information content (AvgIpc) is 3.39. The van der Waals surface area contributed by atoms with Gasteiger partial charge in [-0.15, -0.1) is 0 Å². The monoisotopic (exact) mass is 463 g/mol. The fraction of sp³-hybridized carbons (Fsp3) is 0.368. The van der Waals surface area contributed by atoms with Gasteiger partial charge in [0.05, 0.1) is 39.5 Å². The number of thiocarbonyl (C=S) groups is 1. The van der Waals surface area contributed by atoms with Crippen molar-refractivity contribution in [2.24, 2.45) is 4.99 Å². The van der Waals surface area contributed by atoms with Gasteiger partial charge in [-0.1, -0.05) is 0 Å². The standard InChI is InChI=1S/C19H18FN5O4S2/c20-15-9-13(24-11-14(10-21-12-30)29-19(24)26)1-2-16(15)22-5-7-23(8-6-22)17-3-4-18(31-17)25(27)28/h1-4,9,14H,5-8,10-11H2/t14-/m0/s1. The zero-order valence-corrected chi connectivity index (χ0v) is 17.9. The molecular weight excluding hydrogens is 445 g/mol. The van der Waals surface area contributed by atoms with E-state index in [1.165, 1.54) is 17.0 Å². The molecule has 0 radical (unpaired) electrons. The first-order valence-corrected chi connectivity index (χ1v) is 10.7. The molecule has 0 unspecified atom stereocenters. The van der Waals surface area contributed by atoms with Gasteiger partial charge in [-0.05, 0) is 47.8 Å². The highest BCUT2D eigenvalue weighted by atomic mass is 32.1. The molecule has 1 amide bonds. The Morgan fingerprint density at radius 2 is 2.00 bits per heavy atom. The first-order chi connectivity index (χ1) is 15.0. The van der Waals surface area contributed by atoms with Crippen molar-refractivity contribution in [1.82, 2.24) is 0 Å². The van der Waals surface area contributed by atoms with E-state index in [0.29, 0.717) is 37.6 Å². The molecule has 31 heavy (non-hydrogen) atoms. The number of amides is 1. The zero-order valence-electron chi connectivity index (χ0n) is 16.3. The Morgan fingerprint density at radius 1 is 1.26 bits per heavy atom. The van der Waals surface area contributed by atoms with Crippen molar-refractivity contribution in [3.63, 3.8) is 0 Å². The summed E-state index contributed by atoms with van der Waals surface area (Å²) in [5.41, 5.74) is 0.875. The molecule has 2 aliphatic rings. The lowest BCUT2D eigenvalue weighted by Gasteiger charge is -2.36. The number of halogens is 1. The highest BCUT2D eigenvalue weighted by Gasteiger charge is 2.33. The number of rotatable bonds is 6. The molecular formula is C19H18FN5O4S2. The first-order valence-electron chi connectivity index (χ1n) is 9.51. The summed E-state index contributed by atoms with van der Waals surface area (Å²) in [5, 5.41) is 14.1. The summed E-state index contributed by atoms with van der Waals surface area (Å²) in [6, 6.07) is 7.93. The number of cyclic esters (lactones) is 1. The average molecular weight is 464 g/mol. The Morgan fingerprint density at radius 3 is 2.65 bits per heavy atom. The van der Waals surface area contributed by atoms with Crippen molar-refractivity contribution in [3.05, 3.63) is 46.3 Å². The van der Waals surface area contributed by atoms with Gasteiger partial charge in [-0.2, -0.15) is 0 Å². The van der Waals surface area contributed by atoms with Gasteiger partial charge in [0, 0.05) is 32.2 Å². The molecule has 0 saturated carbocycles. The summed E-state index contributed by atoms with van der Waals surface area (Å²) < 4.78 is 20.1. The van der Waals surface area contributed by atoms with Crippen LogP contribution in [-0.2, 0) is 4.74 Å². The number of benzene rings is 1. The number of nitro groups is 1. The maximum absolute atomic E-state index is 14.9. The van der Waals surface area contributed by atoms with Crippen LogP contribution in [0, 0.1) is 15.9 Å². The van der Waals surface area contributed by atoms with Crippen LogP contribution in [0.25, 0.3) is 0 Å². The van der Waals surface area contributed by atoms with E-state index in [1.54, 1.807) is 18.2 Å². The van der Waals surface area contributed by atoms with E-state index in [1.807, 2.05) is 4.90 Å². The van der Waals surface area contributed by atoms with Crippen LogP contribution < -0.4 is 14.7 Å². The second-order valence-corrected chi connectivity index (χ2v) is 8.25. The number of carbonyl (C=O) groups is 1. The van der Waals surface area contributed by atoms with Crippen LogP contribution in [0.3, 0.4) is 0 Å². The number of hydrogen-bond acceptors (Lipinski definition) is 9. The number of nitrogens with zero attached hydrogens (tertiary/aromatic N) is 5. The minimum Gasteiger partial charge on any atom is -0.442 e. The lowest BCUT2D eigenvalue weighted by Crippen LogP contribution is -2.46. The second kappa shape index (κ2) is 8.96. The van der Waals surface area contributed by atoms with Crippen molar-refractivity contribution < 1.29 is 18.8 Å². The predicted molar refractivity (Wildman–Crippen MR) is 119 cm³/mol. The minimum atomic E-state index is -0.546. The van der Waals surface area contributed by atoms with Crippen LogP contribution in [0.4, 0.5) is 30.6 Å². The maximum Gasteiger partial charge on any atom is 0.414 e. The second-order valence-electron chi connectivity index (χ2n) is 7.03.